The van der Waals surface area contributed by atoms with Gasteiger partial charge < -0.3 is 9.84 Å². The summed E-state index contributed by atoms with van der Waals surface area (Å²) in [5.41, 5.74) is 2.14. The molecular weight excluding hydrogens is 364 g/mol. The fraction of sp³-hybridized carbons (Fsp3) is 0.286. The van der Waals surface area contributed by atoms with Crippen molar-refractivity contribution in [2.75, 3.05) is 0 Å². The van der Waals surface area contributed by atoms with Gasteiger partial charge in [-0.05, 0) is 61.2 Å². The van der Waals surface area contributed by atoms with Crippen LogP contribution in [0.25, 0.3) is 5.57 Å². The number of benzene rings is 2. The van der Waals surface area contributed by atoms with Gasteiger partial charge in [-0.25, -0.2) is 8.42 Å². The Kier molecular flexibility index (Phi) is 5.37. The van der Waals surface area contributed by atoms with Crippen LogP contribution in [-0.4, -0.2) is 25.6 Å². The number of sulfone groups is 1. The van der Waals surface area contributed by atoms with E-state index < -0.39 is 21.1 Å². The maximum atomic E-state index is 13.2. The Bertz CT molecular complexity index is 975. The van der Waals surface area contributed by atoms with Gasteiger partial charge in [0.05, 0.1) is 11.0 Å². The SMILES string of the molecule is CC(C)Oc1ccc2c(c1)C(CCC(=O)O)=CC2S(=O)(=O)c1ccccc1. The average Bonchev–Trinajstić information content (AvgIpc) is 2.99. The van der Waals surface area contributed by atoms with Crippen LogP contribution in [0.1, 0.15) is 43.1 Å². The minimum absolute atomic E-state index is 0.0141. The second kappa shape index (κ2) is 7.56. The highest BCUT2D eigenvalue weighted by Gasteiger charge is 2.34. The molecule has 1 aliphatic rings. The molecule has 0 radical (unpaired) electrons. The molecule has 142 valence electrons. The van der Waals surface area contributed by atoms with E-state index in [1.165, 1.54) is 0 Å². The molecule has 2 aromatic carbocycles. The van der Waals surface area contributed by atoms with Gasteiger partial charge in [-0.1, -0.05) is 30.3 Å². The van der Waals surface area contributed by atoms with E-state index in [1.54, 1.807) is 48.5 Å². The summed E-state index contributed by atoms with van der Waals surface area (Å²) in [5.74, 6) is -0.274. The molecule has 1 aliphatic carbocycles. The number of fused-ring (bicyclic) bond motifs is 1. The minimum Gasteiger partial charge on any atom is -0.491 e. The molecule has 2 aromatic rings. The Morgan fingerprint density at radius 1 is 1.15 bits per heavy atom. The number of carbonyl (C=O) groups is 1. The van der Waals surface area contributed by atoms with Crippen molar-refractivity contribution < 1.29 is 23.1 Å². The van der Waals surface area contributed by atoms with Gasteiger partial charge in [0.25, 0.3) is 0 Å². The molecule has 5 nitrogen and oxygen atoms in total. The summed E-state index contributed by atoms with van der Waals surface area (Å²) in [6, 6.07) is 13.6. The van der Waals surface area contributed by atoms with Gasteiger partial charge in [0, 0.05) is 6.42 Å². The van der Waals surface area contributed by atoms with Crippen LogP contribution in [0.3, 0.4) is 0 Å². The van der Waals surface area contributed by atoms with E-state index >= 15 is 0 Å². The number of rotatable bonds is 7. The zero-order chi connectivity index (χ0) is 19.6. The molecule has 6 heteroatoms. The average molecular weight is 386 g/mol. The van der Waals surface area contributed by atoms with Crippen LogP contribution < -0.4 is 4.74 Å². The van der Waals surface area contributed by atoms with Gasteiger partial charge >= 0.3 is 5.97 Å². The zero-order valence-electron chi connectivity index (χ0n) is 15.3. The van der Waals surface area contributed by atoms with Crippen LogP contribution in [0.15, 0.2) is 59.5 Å². The molecule has 1 N–H and O–H groups in total. The summed E-state index contributed by atoms with van der Waals surface area (Å²) in [4.78, 5) is 11.3. The first-order chi connectivity index (χ1) is 12.8. The van der Waals surface area contributed by atoms with E-state index in [2.05, 4.69) is 0 Å². The number of aliphatic carboxylic acids is 1. The normalized spacial score (nSPS) is 16.1. The third-order valence-electron chi connectivity index (χ3n) is 4.42. The number of ether oxygens (including phenoxy) is 1. The summed E-state index contributed by atoms with van der Waals surface area (Å²) in [6.07, 6.45) is 1.88. The van der Waals surface area contributed by atoms with Gasteiger partial charge in [-0.2, -0.15) is 0 Å². The maximum Gasteiger partial charge on any atom is 0.303 e. The van der Waals surface area contributed by atoms with Crippen LogP contribution in [0, 0.1) is 0 Å². The molecule has 0 fully saturated rings. The number of hydrogen-bond acceptors (Lipinski definition) is 4. The lowest BCUT2D eigenvalue weighted by Crippen LogP contribution is -2.11. The number of hydrogen-bond donors (Lipinski definition) is 1. The maximum absolute atomic E-state index is 13.2. The summed E-state index contributed by atoms with van der Waals surface area (Å²) < 4.78 is 32.0. The highest BCUT2D eigenvalue weighted by Crippen LogP contribution is 2.44. The molecule has 0 saturated carbocycles. The molecule has 0 amide bonds. The smallest absolute Gasteiger partial charge is 0.303 e. The Morgan fingerprint density at radius 2 is 1.85 bits per heavy atom. The predicted molar refractivity (Wildman–Crippen MR) is 103 cm³/mol. The van der Waals surface area contributed by atoms with E-state index in [-0.39, 0.29) is 23.8 Å². The predicted octanol–water partition coefficient (Wildman–Crippen LogP) is 4.25. The van der Waals surface area contributed by atoms with Gasteiger partial charge in [0.2, 0.25) is 0 Å². The largest absolute Gasteiger partial charge is 0.491 e. The molecule has 27 heavy (non-hydrogen) atoms. The Balaban J connectivity index is 2.05. The third kappa shape index (κ3) is 4.06. The first-order valence-corrected chi connectivity index (χ1v) is 10.4. The van der Waals surface area contributed by atoms with Crippen LogP contribution in [0.4, 0.5) is 0 Å². The van der Waals surface area contributed by atoms with E-state index in [1.807, 2.05) is 19.9 Å². The number of allylic oxidation sites excluding steroid dienone is 1. The molecule has 0 aliphatic heterocycles. The summed E-state index contributed by atoms with van der Waals surface area (Å²) in [5, 5.41) is 8.20. The Labute approximate surface area is 159 Å². The fourth-order valence-electron chi connectivity index (χ4n) is 3.24. The summed E-state index contributed by atoms with van der Waals surface area (Å²) >= 11 is 0. The highest BCUT2D eigenvalue weighted by molar-refractivity contribution is 7.91. The van der Waals surface area contributed by atoms with Crippen molar-refractivity contribution in [2.24, 2.45) is 0 Å². The van der Waals surface area contributed by atoms with E-state index in [9.17, 15) is 13.2 Å². The van der Waals surface area contributed by atoms with Gasteiger partial charge in [-0.3, -0.25) is 4.79 Å². The number of carboxylic acids is 1. The molecule has 1 unspecified atom stereocenters. The lowest BCUT2D eigenvalue weighted by Gasteiger charge is -2.15. The zero-order valence-corrected chi connectivity index (χ0v) is 16.1. The molecule has 0 bridgehead atoms. The molecule has 0 saturated heterocycles. The second-order valence-electron chi connectivity index (χ2n) is 6.78. The van der Waals surface area contributed by atoms with Crippen molar-refractivity contribution in [3.05, 3.63) is 65.7 Å². The van der Waals surface area contributed by atoms with Crippen molar-refractivity contribution in [1.29, 1.82) is 0 Å². The molecule has 0 aromatic heterocycles. The van der Waals surface area contributed by atoms with Crippen molar-refractivity contribution in [1.82, 2.24) is 0 Å². The topological polar surface area (TPSA) is 80.7 Å². The van der Waals surface area contributed by atoms with Crippen LogP contribution in [-0.2, 0) is 14.6 Å². The Hall–Kier alpha value is -2.60. The fourth-order valence-corrected chi connectivity index (χ4v) is 4.96. The van der Waals surface area contributed by atoms with Crippen molar-refractivity contribution >= 4 is 21.4 Å². The lowest BCUT2D eigenvalue weighted by atomic mass is 10.0. The van der Waals surface area contributed by atoms with Gasteiger partial charge in [0.1, 0.15) is 11.0 Å². The first-order valence-electron chi connectivity index (χ1n) is 8.81. The van der Waals surface area contributed by atoms with Crippen LogP contribution in [0.5, 0.6) is 5.75 Å². The summed E-state index contributed by atoms with van der Waals surface area (Å²) in [6.45, 7) is 3.83. The third-order valence-corrected chi connectivity index (χ3v) is 6.40. The lowest BCUT2D eigenvalue weighted by molar-refractivity contribution is -0.136. The van der Waals surface area contributed by atoms with Crippen LogP contribution >= 0.6 is 0 Å². The molecule has 1 atom stereocenters. The second-order valence-corrected chi connectivity index (χ2v) is 8.85. The monoisotopic (exact) mass is 386 g/mol. The molecule has 0 spiro atoms. The highest BCUT2D eigenvalue weighted by atomic mass is 32.2. The summed E-state index contributed by atoms with van der Waals surface area (Å²) in [7, 11) is -3.62. The molecule has 3 rings (SSSR count). The van der Waals surface area contributed by atoms with Crippen LogP contribution in [0.2, 0.25) is 0 Å². The van der Waals surface area contributed by atoms with E-state index in [4.69, 9.17) is 9.84 Å². The van der Waals surface area contributed by atoms with E-state index in [0.717, 1.165) is 11.1 Å². The number of carboxylic acid groups (broad SMARTS) is 1. The molecule has 0 heterocycles. The first kappa shape index (κ1) is 19.2. The van der Waals surface area contributed by atoms with Crippen molar-refractivity contribution in [2.45, 2.75) is 42.9 Å². The van der Waals surface area contributed by atoms with Crippen molar-refractivity contribution in [3.63, 3.8) is 0 Å². The Morgan fingerprint density at radius 3 is 2.48 bits per heavy atom. The van der Waals surface area contributed by atoms with E-state index in [0.29, 0.717) is 11.3 Å². The standard InChI is InChI=1S/C21H22O5S/c1-14(2)26-16-9-10-18-19(13-16)15(8-11-21(22)23)12-20(18)27(24,25)17-6-4-3-5-7-17/h3-7,9-10,12-14,20H,8,11H2,1-2H3,(H,22,23). The molecular formula is C21H22O5S. The van der Waals surface area contributed by atoms with Crippen molar-refractivity contribution in [3.8, 4) is 5.75 Å². The van der Waals surface area contributed by atoms with Gasteiger partial charge in [-0.15, -0.1) is 0 Å². The minimum atomic E-state index is -3.62. The quantitative estimate of drug-likeness (QED) is 0.769. The van der Waals surface area contributed by atoms with Gasteiger partial charge in [0.15, 0.2) is 9.84 Å².